The second-order valence-electron chi connectivity index (χ2n) is 9.75. The van der Waals surface area contributed by atoms with E-state index in [-0.39, 0.29) is 17.6 Å². The van der Waals surface area contributed by atoms with Gasteiger partial charge in [0.2, 0.25) is 0 Å². The molecule has 0 aromatic heterocycles. The first-order valence-electron chi connectivity index (χ1n) is 12.0. The summed E-state index contributed by atoms with van der Waals surface area (Å²) in [4.78, 5) is 15.6. The molecule has 1 N–H and O–H groups in total. The van der Waals surface area contributed by atoms with Crippen LogP contribution in [0.2, 0.25) is 0 Å². The molecule has 1 saturated heterocycles. The summed E-state index contributed by atoms with van der Waals surface area (Å²) in [7, 11) is 3.75. The van der Waals surface area contributed by atoms with Gasteiger partial charge in [0.25, 0.3) is 5.91 Å². The maximum atomic E-state index is 13.3. The van der Waals surface area contributed by atoms with Gasteiger partial charge in [-0.2, -0.15) is 0 Å². The van der Waals surface area contributed by atoms with E-state index in [1.807, 2.05) is 30.3 Å². The number of nitrogens with zero attached hydrogens (tertiary/aromatic N) is 1. The summed E-state index contributed by atoms with van der Waals surface area (Å²) >= 11 is 0. The fraction of sp³-hybridized carbons (Fsp3) is 0.519. The number of fused-ring (bicyclic) bond motifs is 1. The molecule has 2 heterocycles. The van der Waals surface area contributed by atoms with E-state index in [1.54, 1.807) is 19.2 Å². The van der Waals surface area contributed by atoms with Gasteiger partial charge in [-0.1, -0.05) is 32.0 Å². The average molecular weight is 453 g/mol. The van der Waals surface area contributed by atoms with Gasteiger partial charge < -0.3 is 24.4 Å². The Hall–Kier alpha value is -2.73. The van der Waals surface area contributed by atoms with Crippen LogP contribution in [-0.4, -0.2) is 50.3 Å². The Bertz CT molecular complexity index is 966. The Morgan fingerprint density at radius 3 is 2.67 bits per heavy atom. The lowest BCUT2D eigenvalue weighted by Crippen LogP contribution is -2.51. The number of benzene rings is 2. The van der Waals surface area contributed by atoms with Crippen LogP contribution in [0.1, 0.15) is 61.5 Å². The molecule has 1 fully saturated rings. The third-order valence-corrected chi connectivity index (χ3v) is 6.78. The second kappa shape index (κ2) is 10.0. The molecule has 0 aliphatic carbocycles. The van der Waals surface area contributed by atoms with Gasteiger partial charge in [0, 0.05) is 30.6 Å². The Balaban J connectivity index is 1.51. The fourth-order valence-electron chi connectivity index (χ4n) is 4.65. The van der Waals surface area contributed by atoms with Gasteiger partial charge >= 0.3 is 0 Å². The normalized spacial score (nSPS) is 19.6. The number of carbonyl (C=O) groups excluding carboxylic acids is 1. The minimum Gasteiger partial charge on any atom is -0.493 e. The molecule has 1 spiro atoms. The lowest BCUT2D eigenvalue weighted by atomic mass is 9.80. The minimum absolute atomic E-state index is 0.0983. The molecule has 2 aromatic rings. The third-order valence-electron chi connectivity index (χ3n) is 6.78. The van der Waals surface area contributed by atoms with Crippen LogP contribution >= 0.6 is 0 Å². The van der Waals surface area contributed by atoms with Crippen LogP contribution in [0.5, 0.6) is 17.2 Å². The summed E-state index contributed by atoms with van der Waals surface area (Å²) in [6.45, 7) is 6.95. The quantitative estimate of drug-likeness (QED) is 0.652. The molecule has 2 aliphatic rings. The number of piperidine rings is 1. The first-order valence-corrected chi connectivity index (χ1v) is 12.0. The number of likely N-dealkylation sites (tertiary alicyclic amines) is 1. The molecular formula is C27H36N2O4. The van der Waals surface area contributed by atoms with E-state index in [0.717, 1.165) is 50.1 Å². The molecule has 33 heavy (non-hydrogen) atoms. The summed E-state index contributed by atoms with van der Waals surface area (Å²) in [6, 6.07) is 13.3. The number of nitrogens with one attached hydrogen (secondary N) is 1. The van der Waals surface area contributed by atoms with E-state index in [0.29, 0.717) is 29.6 Å². The Labute approximate surface area is 197 Å². The number of ether oxygens (including phenoxy) is 3. The number of methoxy groups -OCH3 is 1. The van der Waals surface area contributed by atoms with E-state index in [1.165, 1.54) is 0 Å². The van der Waals surface area contributed by atoms with Crippen molar-refractivity contribution in [2.75, 3.05) is 33.9 Å². The summed E-state index contributed by atoms with van der Waals surface area (Å²) < 4.78 is 17.9. The van der Waals surface area contributed by atoms with Gasteiger partial charge in [-0.3, -0.25) is 4.79 Å². The van der Waals surface area contributed by atoms with Gasteiger partial charge in [0.15, 0.2) is 11.5 Å². The molecule has 2 aromatic carbocycles. The highest BCUT2D eigenvalue weighted by atomic mass is 16.5. The molecule has 6 heteroatoms. The van der Waals surface area contributed by atoms with Gasteiger partial charge in [-0.15, -0.1) is 0 Å². The van der Waals surface area contributed by atoms with Crippen molar-refractivity contribution in [1.82, 2.24) is 10.2 Å². The molecule has 6 nitrogen and oxygen atoms in total. The zero-order chi connectivity index (χ0) is 23.4. The van der Waals surface area contributed by atoms with E-state index < -0.39 is 0 Å². The Kier molecular flexibility index (Phi) is 7.13. The van der Waals surface area contributed by atoms with E-state index in [9.17, 15) is 4.79 Å². The number of carbonyl (C=O) groups is 1. The summed E-state index contributed by atoms with van der Waals surface area (Å²) in [6.07, 6.45) is 3.66. The van der Waals surface area contributed by atoms with Gasteiger partial charge in [0.1, 0.15) is 11.4 Å². The monoisotopic (exact) mass is 452 g/mol. The lowest BCUT2D eigenvalue weighted by Gasteiger charge is -2.46. The maximum Gasteiger partial charge on any atom is 0.251 e. The van der Waals surface area contributed by atoms with Crippen molar-refractivity contribution in [3.63, 3.8) is 0 Å². The highest BCUT2D eigenvalue weighted by molar-refractivity contribution is 5.95. The average Bonchev–Trinajstić information content (AvgIpc) is 2.81. The van der Waals surface area contributed by atoms with Crippen LogP contribution in [-0.2, 0) is 0 Å². The third kappa shape index (κ3) is 5.44. The van der Waals surface area contributed by atoms with Crippen LogP contribution in [0.25, 0.3) is 0 Å². The number of hydrogen-bond donors (Lipinski definition) is 1. The van der Waals surface area contributed by atoms with Crippen molar-refractivity contribution < 1.29 is 19.0 Å². The highest BCUT2D eigenvalue weighted by Gasteiger charge is 2.43. The number of para-hydroxylation sites is 1. The van der Waals surface area contributed by atoms with Gasteiger partial charge in [-0.05, 0) is 56.5 Å². The van der Waals surface area contributed by atoms with Crippen molar-refractivity contribution in [3.8, 4) is 17.2 Å². The maximum absolute atomic E-state index is 13.3. The first-order chi connectivity index (χ1) is 15.9. The molecule has 4 rings (SSSR count). The van der Waals surface area contributed by atoms with Crippen LogP contribution in [0.4, 0.5) is 0 Å². The zero-order valence-electron chi connectivity index (χ0n) is 20.2. The Morgan fingerprint density at radius 2 is 1.94 bits per heavy atom. The largest absolute Gasteiger partial charge is 0.493 e. The molecule has 0 saturated carbocycles. The first kappa shape index (κ1) is 23.4. The number of hydrogen-bond acceptors (Lipinski definition) is 5. The zero-order valence-corrected chi connectivity index (χ0v) is 20.2. The van der Waals surface area contributed by atoms with Gasteiger partial charge in [-0.25, -0.2) is 0 Å². The number of amides is 1. The molecule has 1 unspecified atom stereocenters. The van der Waals surface area contributed by atoms with Crippen LogP contribution in [0.15, 0.2) is 42.5 Å². The SMILES string of the molecule is COc1cc(C(=O)NC2CC3(CCN(C)CC3)Oc3ccccc32)ccc1OCCC(C)C. The smallest absolute Gasteiger partial charge is 0.251 e. The molecule has 1 atom stereocenters. The second-order valence-corrected chi connectivity index (χ2v) is 9.75. The molecule has 178 valence electrons. The predicted octanol–water partition coefficient (Wildman–Crippen LogP) is 4.84. The summed E-state index contributed by atoms with van der Waals surface area (Å²) in [5.41, 5.74) is 1.37. The Morgan fingerprint density at radius 1 is 1.18 bits per heavy atom. The van der Waals surface area contributed by atoms with Crippen LogP contribution in [0.3, 0.4) is 0 Å². The molecule has 2 aliphatic heterocycles. The van der Waals surface area contributed by atoms with Crippen molar-refractivity contribution in [2.45, 2.75) is 51.2 Å². The van der Waals surface area contributed by atoms with Crippen LogP contribution in [0, 0.1) is 5.92 Å². The van der Waals surface area contributed by atoms with Crippen molar-refractivity contribution in [3.05, 3.63) is 53.6 Å². The summed E-state index contributed by atoms with van der Waals surface area (Å²) in [5, 5.41) is 3.27. The molecular weight excluding hydrogens is 416 g/mol. The topological polar surface area (TPSA) is 60.0 Å². The van der Waals surface area contributed by atoms with Crippen molar-refractivity contribution in [1.29, 1.82) is 0 Å². The minimum atomic E-state index is -0.232. The highest BCUT2D eigenvalue weighted by Crippen LogP contribution is 2.44. The van der Waals surface area contributed by atoms with E-state index >= 15 is 0 Å². The molecule has 1 amide bonds. The number of rotatable bonds is 7. The molecule has 0 bridgehead atoms. The van der Waals surface area contributed by atoms with Crippen molar-refractivity contribution >= 4 is 5.91 Å². The van der Waals surface area contributed by atoms with Gasteiger partial charge in [0.05, 0.1) is 19.8 Å². The van der Waals surface area contributed by atoms with Crippen LogP contribution < -0.4 is 19.5 Å². The predicted molar refractivity (Wildman–Crippen MR) is 129 cm³/mol. The van der Waals surface area contributed by atoms with E-state index in [2.05, 4.69) is 31.1 Å². The lowest BCUT2D eigenvalue weighted by molar-refractivity contribution is -0.0195. The molecule has 0 radical (unpaired) electrons. The standard InChI is InChI=1S/C27H36N2O4/c1-19(2)11-16-32-24-10-9-20(17-25(24)31-4)26(30)28-22-18-27(12-14-29(3)15-13-27)33-23-8-6-5-7-21(22)23/h5-10,17,19,22H,11-16,18H2,1-4H3,(H,28,30). The summed E-state index contributed by atoms with van der Waals surface area (Å²) in [5.74, 6) is 2.56. The fourth-order valence-corrected chi connectivity index (χ4v) is 4.65. The van der Waals surface area contributed by atoms with E-state index in [4.69, 9.17) is 14.2 Å². The van der Waals surface area contributed by atoms with Crippen molar-refractivity contribution in [2.24, 2.45) is 5.92 Å².